The standard InChI is InChI=1S/C20H17N5OS3/c26-18(13-29-20-21-22-23-25(20)14-5-2-1-3-6-14)24-10-8-16-15(9-12-28-16)19(24)17-7-4-11-27-17/h1-7,9,11-12,19H,8,10,13H2. The molecule has 1 aromatic carbocycles. The van der Waals surface area contributed by atoms with E-state index in [-0.39, 0.29) is 11.9 Å². The van der Waals surface area contributed by atoms with Crippen molar-refractivity contribution in [1.82, 2.24) is 25.1 Å². The second kappa shape index (κ2) is 8.10. The highest BCUT2D eigenvalue weighted by atomic mass is 32.2. The molecule has 1 unspecified atom stereocenters. The summed E-state index contributed by atoms with van der Waals surface area (Å²) in [7, 11) is 0. The highest BCUT2D eigenvalue weighted by Gasteiger charge is 2.33. The van der Waals surface area contributed by atoms with Crippen LogP contribution >= 0.6 is 34.4 Å². The number of aromatic nitrogens is 4. The predicted octanol–water partition coefficient (Wildman–Crippen LogP) is 4.05. The van der Waals surface area contributed by atoms with Crippen molar-refractivity contribution in [3.63, 3.8) is 0 Å². The Kier molecular flexibility index (Phi) is 5.17. The minimum Gasteiger partial charge on any atom is -0.330 e. The Balaban J connectivity index is 1.36. The molecule has 0 aliphatic carbocycles. The van der Waals surface area contributed by atoms with Gasteiger partial charge in [-0.2, -0.15) is 4.68 Å². The molecule has 1 aliphatic heterocycles. The van der Waals surface area contributed by atoms with Crippen LogP contribution in [0, 0.1) is 0 Å². The van der Waals surface area contributed by atoms with Crippen molar-refractivity contribution in [2.75, 3.05) is 12.3 Å². The number of tetrazole rings is 1. The fourth-order valence-electron chi connectivity index (χ4n) is 3.55. The van der Waals surface area contributed by atoms with Gasteiger partial charge in [-0.15, -0.1) is 27.8 Å². The second-order valence-electron chi connectivity index (χ2n) is 6.55. The zero-order valence-corrected chi connectivity index (χ0v) is 17.8. The van der Waals surface area contributed by atoms with Gasteiger partial charge in [-0.25, -0.2) is 0 Å². The van der Waals surface area contributed by atoms with Crippen molar-refractivity contribution in [2.24, 2.45) is 0 Å². The predicted molar refractivity (Wildman–Crippen MR) is 116 cm³/mol. The Bertz CT molecular complexity index is 1110. The Hall–Kier alpha value is -2.49. The summed E-state index contributed by atoms with van der Waals surface area (Å²) in [5.74, 6) is 0.405. The fraction of sp³-hybridized carbons (Fsp3) is 0.200. The molecule has 5 rings (SSSR count). The maximum Gasteiger partial charge on any atom is 0.233 e. The molecule has 0 fully saturated rings. The number of hydrogen-bond acceptors (Lipinski definition) is 7. The van der Waals surface area contributed by atoms with Gasteiger partial charge in [0.25, 0.3) is 0 Å². The highest BCUT2D eigenvalue weighted by Crippen LogP contribution is 2.39. The quantitative estimate of drug-likeness (QED) is 0.439. The van der Waals surface area contributed by atoms with E-state index in [1.807, 2.05) is 41.3 Å². The summed E-state index contributed by atoms with van der Waals surface area (Å²) in [6, 6.07) is 16.0. The van der Waals surface area contributed by atoms with Crippen molar-refractivity contribution in [1.29, 1.82) is 0 Å². The normalized spacial score (nSPS) is 16.0. The first-order valence-corrected chi connectivity index (χ1v) is 11.9. The first kappa shape index (κ1) is 18.5. The lowest BCUT2D eigenvalue weighted by Gasteiger charge is -2.35. The molecule has 0 bridgehead atoms. The maximum absolute atomic E-state index is 13.2. The molecule has 1 amide bonds. The van der Waals surface area contributed by atoms with E-state index >= 15 is 0 Å². The van der Waals surface area contributed by atoms with Crippen molar-refractivity contribution in [3.05, 3.63) is 74.6 Å². The number of hydrogen-bond donors (Lipinski definition) is 0. The minimum absolute atomic E-state index is 0.00298. The summed E-state index contributed by atoms with van der Waals surface area (Å²) in [5.41, 5.74) is 2.14. The van der Waals surface area contributed by atoms with Crippen molar-refractivity contribution < 1.29 is 4.79 Å². The summed E-state index contributed by atoms with van der Waals surface area (Å²) in [6.07, 6.45) is 0.910. The fourth-order valence-corrected chi connectivity index (χ4v) is 6.08. The zero-order valence-electron chi connectivity index (χ0n) is 15.3. The molecule has 9 heteroatoms. The van der Waals surface area contributed by atoms with E-state index in [2.05, 4.69) is 38.4 Å². The lowest BCUT2D eigenvalue weighted by Crippen LogP contribution is -2.40. The molecule has 6 nitrogen and oxygen atoms in total. The van der Waals surface area contributed by atoms with Crippen LogP contribution < -0.4 is 0 Å². The summed E-state index contributed by atoms with van der Waals surface area (Å²) in [6.45, 7) is 0.735. The Morgan fingerprint density at radius 3 is 2.83 bits per heavy atom. The number of amides is 1. The number of fused-ring (bicyclic) bond motifs is 1. The van der Waals surface area contributed by atoms with Gasteiger partial charge >= 0.3 is 0 Å². The molecule has 146 valence electrons. The monoisotopic (exact) mass is 439 g/mol. The lowest BCUT2D eigenvalue weighted by molar-refractivity contribution is -0.130. The van der Waals surface area contributed by atoms with Crippen LogP contribution in [0.2, 0.25) is 0 Å². The van der Waals surface area contributed by atoms with Gasteiger partial charge in [0.2, 0.25) is 11.1 Å². The lowest BCUT2D eigenvalue weighted by atomic mass is 9.98. The molecule has 0 radical (unpaired) electrons. The largest absolute Gasteiger partial charge is 0.330 e. The first-order chi connectivity index (χ1) is 14.3. The van der Waals surface area contributed by atoms with Crippen LogP contribution in [-0.4, -0.2) is 43.3 Å². The number of carbonyl (C=O) groups excluding carboxylic acids is 1. The Labute approximate surface area is 180 Å². The van der Waals surface area contributed by atoms with Gasteiger partial charge in [-0.3, -0.25) is 4.79 Å². The molecule has 29 heavy (non-hydrogen) atoms. The second-order valence-corrected chi connectivity index (χ2v) is 9.47. The van der Waals surface area contributed by atoms with Crippen molar-refractivity contribution >= 4 is 40.3 Å². The van der Waals surface area contributed by atoms with Gasteiger partial charge in [-0.1, -0.05) is 36.0 Å². The number of nitrogens with zero attached hydrogens (tertiary/aromatic N) is 5. The average Bonchev–Trinajstić information content (AvgIpc) is 3.53. The molecule has 4 aromatic rings. The number of benzene rings is 1. The van der Waals surface area contributed by atoms with Crippen LogP contribution in [0.4, 0.5) is 0 Å². The molecule has 4 heterocycles. The zero-order chi connectivity index (χ0) is 19.6. The summed E-state index contributed by atoms with van der Waals surface area (Å²) >= 11 is 4.86. The van der Waals surface area contributed by atoms with E-state index < -0.39 is 0 Å². The van der Waals surface area contributed by atoms with Crippen LogP contribution in [0.1, 0.15) is 21.4 Å². The molecular formula is C20H17N5OS3. The van der Waals surface area contributed by atoms with Crippen LogP contribution in [0.3, 0.4) is 0 Å². The average molecular weight is 440 g/mol. The number of rotatable bonds is 5. The van der Waals surface area contributed by atoms with Gasteiger partial charge in [-0.05, 0) is 57.4 Å². The number of carbonyl (C=O) groups is 1. The van der Waals surface area contributed by atoms with Crippen LogP contribution in [0.15, 0.2) is 64.4 Å². The minimum atomic E-state index is 0.00298. The van der Waals surface area contributed by atoms with Gasteiger partial charge in [0.1, 0.15) is 0 Å². The third-order valence-corrected chi connectivity index (χ3v) is 7.69. The third kappa shape index (κ3) is 3.61. The molecular weight excluding hydrogens is 422 g/mol. The smallest absolute Gasteiger partial charge is 0.233 e. The highest BCUT2D eigenvalue weighted by molar-refractivity contribution is 7.99. The number of para-hydroxylation sites is 1. The SMILES string of the molecule is O=C(CSc1nnnn1-c1ccccc1)N1CCc2sccc2C1c1cccs1. The van der Waals surface area contributed by atoms with Gasteiger partial charge < -0.3 is 4.90 Å². The van der Waals surface area contributed by atoms with Gasteiger partial charge in [0.05, 0.1) is 17.5 Å². The Morgan fingerprint density at radius 2 is 2.00 bits per heavy atom. The van der Waals surface area contributed by atoms with Crippen molar-refractivity contribution in [3.8, 4) is 5.69 Å². The molecule has 0 N–H and O–H groups in total. The van der Waals surface area contributed by atoms with E-state index in [4.69, 9.17) is 0 Å². The molecule has 0 saturated carbocycles. The summed E-state index contributed by atoms with van der Waals surface area (Å²) in [5, 5.41) is 16.8. The number of thiophene rings is 2. The third-order valence-electron chi connectivity index (χ3n) is 4.87. The van der Waals surface area contributed by atoms with Crippen molar-refractivity contribution in [2.45, 2.75) is 17.6 Å². The molecule has 0 saturated heterocycles. The number of thioether (sulfide) groups is 1. The van der Waals surface area contributed by atoms with E-state index in [0.717, 1.165) is 18.7 Å². The van der Waals surface area contributed by atoms with Gasteiger partial charge in [0.15, 0.2) is 0 Å². The summed E-state index contributed by atoms with van der Waals surface area (Å²) in [4.78, 5) is 17.8. The van der Waals surface area contributed by atoms with E-state index in [1.165, 1.54) is 27.1 Å². The van der Waals surface area contributed by atoms with E-state index in [9.17, 15) is 4.79 Å². The maximum atomic E-state index is 13.2. The van der Waals surface area contributed by atoms with Crippen LogP contribution in [0.25, 0.3) is 5.69 Å². The van der Waals surface area contributed by atoms with E-state index in [1.54, 1.807) is 27.4 Å². The topological polar surface area (TPSA) is 63.9 Å². The molecule has 3 aromatic heterocycles. The van der Waals surface area contributed by atoms with E-state index in [0.29, 0.717) is 10.9 Å². The van der Waals surface area contributed by atoms with Crippen LogP contribution in [-0.2, 0) is 11.2 Å². The Morgan fingerprint density at radius 1 is 1.10 bits per heavy atom. The van der Waals surface area contributed by atoms with Crippen LogP contribution in [0.5, 0.6) is 0 Å². The molecule has 1 aliphatic rings. The summed E-state index contributed by atoms with van der Waals surface area (Å²) < 4.78 is 1.67. The van der Waals surface area contributed by atoms with Gasteiger partial charge in [0, 0.05) is 16.3 Å². The molecule has 0 spiro atoms. The first-order valence-electron chi connectivity index (χ1n) is 9.17. The molecule has 1 atom stereocenters.